The van der Waals surface area contributed by atoms with Crippen LogP contribution in [0.3, 0.4) is 0 Å². The van der Waals surface area contributed by atoms with Gasteiger partial charge in [-0.05, 0) is 0 Å². The summed E-state index contributed by atoms with van der Waals surface area (Å²) in [6, 6.07) is 0. The van der Waals surface area contributed by atoms with Crippen LogP contribution < -0.4 is 0 Å². The SMILES string of the molecule is O.O.O.O.[Br][V]([Br])([Br])[Br]. The Morgan fingerprint density at radius 2 is 0.556 bits per heavy atom. The van der Waals surface area contributed by atoms with Gasteiger partial charge in [-0.2, -0.15) is 0 Å². The molecular formula is H8Br4O4V. The van der Waals surface area contributed by atoms with Gasteiger partial charge in [0.2, 0.25) is 0 Å². The standard InChI is InChI=1S/4BrH.4H2O.V/h4*1H;4*1H2;/q;;;;;;;;+4/p-4. The van der Waals surface area contributed by atoms with Crippen molar-refractivity contribution in [2.45, 2.75) is 0 Å². The summed E-state index contributed by atoms with van der Waals surface area (Å²) >= 11 is 13.2. The first kappa shape index (κ1) is 30.2. The molecule has 9 heavy (non-hydrogen) atoms. The molecular weight excluding hydrogens is 435 g/mol. The second-order valence-electron chi connectivity index (χ2n) is 0.383. The minimum atomic E-state index is -1.62. The Morgan fingerprint density at radius 1 is 0.556 bits per heavy atom. The van der Waals surface area contributed by atoms with Crippen LogP contribution in [0.15, 0.2) is 0 Å². The maximum absolute atomic E-state index is 3.30. The number of rotatable bonds is 0. The van der Waals surface area contributed by atoms with Crippen molar-refractivity contribution < 1.29 is 28.3 Å². The van der Waals surface area contributed by atoms with Crippen LogP contribution in [0.2, 0.25) is 0 Å². The van der Waals surface area contributed by atoms with Gasteiger partial charge in [-0.15, -0.1) is 0 Å². The van der Waals surface area contributed by atoms with Gasteiger partial charge in [-0.3, -0.25) is 0 Å². The van der Waals surface area contributed by atoms with E-state index in [-0.39, 0.29) is 21.9 Å². The van der Waals surface area contributed by atoms with Crippen LogP contribution in [0.1, 0.15) is 0 Å². The molecule has 0 saturated carbocycles. The average Bonchev–Trinajstić information content (AvgIpc) is 0.722. The summed E-state index contributed by atoms with van der Waals surface area (Å²) in [5, 5.41) is 0. The fraction of sp³-hybridized carbons (Fsp3) is 0. The third-order valence-corrected chi connectivity index (χ3v) is 0. The molecule has 65 valence electrons. The van der Waals surface area contributed by atoms with E-state index in [2.05, 4.69) is 55.2 Å². The molecule has 0 heterocycles. The van der Waals surface area contributed by atoms with Crippen molar-refractivity contribution in [3.63, 3.8) is 0 Å². The summed E-state index contributed by atoms with van der Waals surface area (Å²) < 4.78 is 0. The van der Waals surface area contributed by atoms with E-state index in [4.69, 9.17) is 0 Å². The molecule has 0 aliphatic carbocycles. The van der Waals surface area contributed by atoms with E-state index in [1.165, 1.54) is 0 Å². The molecule has 0 aromatic heterocycles. The van der Waals surface area contributed by atoms with Crippen LogP contribution in [0.5, 0.6) is 0 Å². The van der Waals surface area contributed by atoms with Crippen molar-refractivity contribution in [3.05, 3.63) is 0 Å². The van der Waals surface area contributed by atoms with Crippen LogP contribution in [0.25, 0.3) is 0 Å². The topological polar surface area (TPSA) is 126 Å². The molecule has 0 unspecified atom stereocenters. The van der Waals surface area contributed by atoms with Crippen LogP contribution in [-0.4, -0.2) is 21.9 Å². The van der Waals surface area contributed by atoms with E-state index in [0.29, 0.717) is 0 Å². The Balaban J connectivity index is -0.0000000133. The van der Waals surface area contributed by atoms with Crippen molar-refractivity contribution in [1.29, 1.82) is 0 Å². The molecule has 0 amide bonds. The zero-order chi connectivity index (χ0) is 4.50. The summed E-state index contributed by atoms with van der Waals surface area (Å²) in [4.78, 5) is 0. The summed E-state index contributed by atoms with van der Waals surface area (Å²) in [5.41, 5.74) is 0. The molecule has 8 N–H and O–H groups in total. The van der Waals surface area contributed by atoms with Crippen LogP contribution in [0.4, 0.5) is 0 Å². The monoisotopic (exact) mass is 439 g/mol. The van der Waals surface area contributed by atoms with Gasteiger partial charge in [0, 0.05) is 0 Å². The van der Waals surface area contributed by atoms with Gasteiger partial charge in [-0.25, -0.2) is 0 Å². The van der Waals surface area contributed by atoms with Gasteiger partial charge >= 0.3 is 61.7 Å². The quantitative estimate of drug-likeness (QED) is 0.504. The molecule has 0 radical (unpaired) electrons. The van der Waals surface area contributed by atoms with Crippen molar-refractivity contribution in [2.75, 3.05) is 0 Å². The zero-order valence-corrected chi connectivity index (χ0v) is 11.7. The molecule has 0 saturated heterocycles. The predicted molar refractivity (Wildman–Crippen MR) is 50.2 cm³/mol. The molecule has 0 spiro atoms. The van der Waals surface area contributed by atoms with Gasteiger partial charge < -0.3 is 21.9 Å². The first-order valence-corrected chi connectivity index (χ1v) is 14.5. The third kappa shape index (κ3) is 131. The molecule has 0 fully saturated rings. The molecule has 4 nitrogen and oxygen atoms in total. The summed E-state index contributed by atoms with van der Waals surface area (Å²) in [7, 11) is 0. The number of hydrogen-bond donors (Lipinski definition) is 0. The van der Waals surface area contributed by atoms with Crippen LogP contribution in [0, 0.1) is 0 Å². The Morgan fingerprint density at radius 3 is 0.556 bits per heavy atom. The second-order valence-corrected chi connectivity index (χ2v) is 42.7. The molecule has 0 rings (SSSR count). The average molecular weight is 443 g/mol. The molecule has 0 aromatic carbocycles. The minimum absolute atomic E-state index is 0. The Labute approximate surface area is 82.5 Å². The third-order valence-electron chi connectivity index (χ3n) is 0. The molecule has 0 atom stereocenters. The zero-order valence-electron chi connectivity index (χ0n) is 3.96. The van der Waals surface area contributed by atoms with E-state index in [1.54, 1.807) is 0 Å². The van der Waals surface area contributed by atoms with Crippen LogP contribution in [-0.2, 0) is 6.42 Å². The Bertz CT molecular complexity index is 28.0. The van der Waals surface area contributed by atoms with Gasteiger partial charge in [0.05, 0.1) is 0 Å². The molecule has 0 aliphatic heterocycles. The van der Waals surface area contributed by atoms with E-state index in [1.807, 2.05) is 0 Å². The van der Waals surface area contributed by atoms with Crippen molar-refractivity contribution in [2.24, 2.45) is 0 Å². The fourth-order valence-corrected chi connectivity index (χ4v) is 0. The molecule has 0 aromatic rings. The fourth-order valence-electron chi connectivity index (χ4n) is 0. The van der Waals surface area contributed by atoms with Gasteiger partial charge in [0.1, 0.15) is 0 Å². The van der Waals surface area contributed by atoms with Crippen molar-refractivity contribution in [3.8, 4) is 0 Å². The summed E-state index contributed by atoms with van der Waals surface area (Å²) in [5.74, 6) is 0. The van der Waals surface area contributed by atoms with Gasteiger partial charge in [-0.1, -0.05) is 0 Å². The van der Waals surface area contributed by atoms with E-state index in [0.717, 1.165) is 0 Å². The summed E-state index contributed by atoms with van der Waals surface area (Å²) in [6.07, 6.45) is -1.62. The number of hydrogen-bond acceptors (Lipinski definition) is 0. The van der Waals surface area contributed by atoms with E-state index >= 15 is 0 Å². The molecule has 0 bridgehead atoms. The first-order valence-electron chi connectivity index (χ1n) is 0.676. The molecule has 9 heteroatoms. The van der Waals surface area contributed by atoms with E-state index in [9.17, 15) is 0 Å². The Hall–Kier alpha value is 2.34. The predicted octanol–water partition coefficient (Wildman–Crippen LogP) is 0.0811. The van der Waals surface area contributed by atoms with Crippen molar-refractivity contribution in [1.82, 2.24) is 0 Å². The van der Waals surface area contributed by atoms with E-state index < -0.39 is 6.42 Å². The second kappa shape index (κ2) is 13.0. The first-order chi connectivity index (χ1) is 2.00. The van der Waals surface area contributed by atoms with Gasteiger partial charge in [0.15, 0.2) is 0 Å². The van der Waals surface area contributed by atoms with Gasteiger partial charge in [0.25, 0.3) is 0 Å². The van der Waals surface area contributed by atoms with Crippen LogP contribution >= 0.6 is 55.2 Å². The summed E-state index contributed by atoms with van der Waals surface area (Å²) in [6.45, 7) is 0. The van der Waals surface area contributed by atoms with Crippen molar-refractivity contribution >= 4 is 55.2 Å². The molecule has 0 aliphatic rings. The normalized spacial score (nSPS) is 6.67. The number of halogens is 4. The maximum atomic E-state index is 3.30. The Kier molecular flexibility index (Phi) is 43.5.